The van der Waals surface area contributed by atoms with Crippen LogP contribution in [0.2, 0.25) is 0 Å². The summed E-state index contributed by atoms with van der Waals surface area (Å²) in [4.78, 5) is 16.9. The minimum atomic E-state index is -3.85. The van der Waals surface area contributed by atoms with Gasteiger partial charge in [-0.25, -0.2) is 0 Å². The molecule has 0 atom stereocenters. The summed E-state index contributed by atoms with van der Waals surface area (Å²) < 4.78 is 38.1. The maximum atomic E-state index is 10.3. The molecule has 8 heteroatoms. The summed E-state index contributed by atoms with van der Waals surface area (Å²) >= 11 is 0. The van der Waals surface area contributed by atoms with Crippen molar-refractivity contribution in [2.45, 2.75) is 51.4 Å². The van der Waals surface area contributed by atoms with Crippen molar-refractivity contribution in [1.29, 1.82) is 0 Å². The van der Waals surface area contributed by atoms with Gasteiger partial charge in [-0.05, 0) is 41.5 Å². The molecule has 16 heavy (non-hydrogen) atoms. The van der Waals surface area contributed by atoms with Crippen molar-refractivity contribution in [3.05, 3.63) is 0 Å². The first-order chi connectivity index (χ1) is 6.50. The lowest BCUT2D eigenvalue weighted by atomic mass is 10.3. The van der Waals surface area contributed by atoms with Crippen LogP contribution in [0, 0.1) is 0 Å². The highest BCUT2D eigenvalue weighted by Crippen LogP contribution is 2.49. The third-order valence-corrected chi connectivity index (χ3v) is 4.94. The van der Waals surface area contributed by atoms with Gasteiger partial charge in [0.15, 0.2) is 0 Å². The second kappa shape index (κ2) is 5.14. The van der Waals surface area contributed by atoms with E-state index in [-0.39, 0.29) is 0 Å². The van der Waals surface area contributed by atoms with Crippen molar-refractivity contribution in [3.63, 3.8) is 0 Å². The molecule has 0 rings (SSSR count). The zero-order valence-electron chi connectivity index (χ0n) is 10.4. The summed E-state index contributed by atoms with van der Waals surface area (Å²) in [5, 5.41) is -0.896. The second-order valence-electron chi connectivity index (χ2n) is 5.30. The van der Waals surface area contributed by atoms with Crippen LogP contribution in [0.15, 0.2) is 0 Å². The number of hydrogen-bond donors (Lipinski definition) is 3. The van der Waals surface area contributed by atoms with Crippen LogP contribution in [0.4, 0.5) is 0 Å². The van der Waals surface area contributed by atoms with E-state index in [1.807, 2.05) is 0 Å². The molecule has 0 aliphatic carbocycles. The first kappa shape index (κ1) is 18.4. The molecule has 0 radical (unpaired) electrons. The van der Waals surface area contributed by atoms with Crippen molar-refractivity contribution < 1.29 is 27.3 Å². The Kier molecular flexibility index (Phi) is 5.92. The van der Waals surface area contributed by atoms with Crippen LogP contribution in [0.1, 0.15) is 41.5 Å². The molecule has 0 aliphatic rings. The minimum absolute atomic E-state index is 0.896. The molecule has 0 saturated carbocycles. The molecule has 0 saturated heterocycles. The van der Waals surface area contributed by atoms with Gasteiger partial charge in [-0.2, -0.15) is 8.42 Å². The van der Waals surface area contributed by atoms with Crippen LogP contribution in [0.3, 0.4) is 0 Å². The van der Waals surface area contributed by atoms with Crippen molar-refractivity contribution in [1.82, 2.24) is 0 Å². The molecule has 0 aromatic heterocycles. The fourth-order valence-electron chi connectivity index (χ4n) is 0. The summed E-state index contributed by atoms with van der Waals surface area (Å²) in [6.07, 6.45) is 0. The smallest absolute Gasteiger partial charge is 0.324 e. The molecule has 0 amide bonds. The van der Waals surface area contributed by atoms with Gasteiger partial charge in [0.05, 0.1) is 9.90 Å². The van der Waals surface area contributed by atoms with Crippen LogP contribution in [-0.4, -0.2) is 32.7 Å². The molecular weight excluding hydrogens is 255 g/mol. The Labute approximate surface area is 97.0 Å². The van der Waals surface area contributed by atoms with E-state index in [0.29, 0.717) is 0 Å². The van der Waals surface area contributed by atoms with Crippen LogP contribution >= 0.6 is 7.60 Å². The Balaban J connectivity index is 0. The molecule has 0 bridgehead atoms. The summed E-state index contributed by atoms with van der Waals surface area (Å²) in [6.45, 7) is 8.82. The zero-order valence-corrected chi connectivity index (χ0v) is 12.1. The molecule has 3 N–H and O–H groups in total. The highest BCUT2D eigenvalue weighted by atomic mass is 32.2. The topological polar surface area (TPSA) is 112 Å². The Hall–Kier alpha value is 0.0600. The van der Waals surface area contributed by atoms with Crippen LogP contribution in [-0.2, 0) is 14.7 Å². The van der Waals surface area contributed by atoms with Gasteiger partial charge in [0.2, 0.25) is 0 Å². The second-order valence-corrected chi connectivity index (χ2v) is 9.91. The maximum Gasteiger partial charge on any atom is 0.330 e. The Morgan fingerprint density at radius 2 is 1.06 bits per heavy atom. The van der Waals surface area contributed by atoms with E-state index in [2.05, 4.69) is 0 Å². The average Bonchev–Trinajstić information content (AvgIpc) is 1.77. The van der Waals surface area contributed by atoms with E-state index in [1.165, 1.54) is 41.5 Å². The van der Waals surface area contributed by atoms with Gasteiger partial charge in [0, 0.05) is 0 Å². The van der Waals surface area contributed by atoms with Gasteiger partial charge in [0.25, 0.3) is 10.1 Å². The predicted octanol–water partition coefficient (Wildman–Crippen LogP) is 1.64. The lowest BCUT2D eigenvalue weighted by Gasteiger charge is -2.18. The fraction of sp³-hybridized carbons (Fsp3) is 1.00. The zero-order chi connectivity index (χ0) is 14.0. The fourth-order valence-corrected chi connectivity index (χ4v) is 0. The van der Waals surface area contributed by atoms with E-state index in [4.69, 9.17) is 14.3 Å². The van der Waals surface area contributed by atoms with Gasteiger partial charge >= 0.3 is 7.60 Å². The van der Waals surface area contributed by atoms with E-state index < -0.39 is 27.6 Å². The van der Waals surface area contributed by atoms with Crippen molar-refractivity contribution in [3.8, 4) is 0 Å². The summed E-state index contributed by atoms with van der Waals surface area (Å²) in [7, 11) is -7.69. The maximum absolute atomic E-state index is 10.3. The lowest BCUT2D eigenvalue weighted by Crippen LogP contribution is -2.26. The molecule has 0 aliphatic heterocycles. The normalized spacial score (nSPS) is 14.1. The lowest BCUT2D eigenvalue weighted by molar-refractivity contribution is 0.342. The van der Waals surface area contributed by atoms with Gasteiger partial charge in [-0.1, -0.05) is 0 Å². The summed E-state index contributed by atoms with van der Waals surface area (Å²) in [6, 6.07) is 0. The molecule has 0 aromatic rings. The van der Waals surface area contributed by atoms with E-state index in [0.717, 1.165) is 0 Å². The molecule has 100 valence electrons. The summed E-state index contributed by atoms with van der Waals surface area (Å²) in [5.74, 6) is 0. The largest absolute Gasteiger partial charge is 0.330 e. The number of rotatable bonds is 0. The Morgan fingerprint density at radius 3 is 1.06 bits per heavy atom. The predicted molar refractivity (Wildman–Crippen MR) is 63.1 cm³/mol. The highest BCUT2D eigenvalue weighted by molar-refractivity contribution is 7.87. The first-order valence-electron chi connectivity index (χ1n) is 4.53. The van der Waals surface area contributed by atoms with Crippen LogP contribution in [0.5, 0.6) is 0 Å². The molecule has 0 unspecified atom stereocenters. The van der Waals surface area contributed by atoms with E-state index in [1.54, 1.807) is 0 Å². The average molecular weight is 276 g/mol. The molecule has 0 heterocycles. The molecule has 0 aromatic carbocycles. The Morgan fingerprint density at radius 1 is 0.938 bits per heavy atom. The van der Waals surface area contributed by atoms with E-state index >= 15 is 0 Å². The quantitative estimate of drug-likeness (QED) is 0.458. The van der Waals surface area contributed by atoms with Gasteiger partial charge in [-0.3, -0.25) is 9.12 Å². The molecule has 6 nitrogen and oxygen atoms in total. The molecule has 0 spiro atoms. The SMILES string of the molecule is CC(C)(C)P(=O)(O)O.CC(C)(C)S(=O)(=O)O. The Bertz CT molecular complexity index is 353. The van der Waals surface area contributed by atoms with E-state index in [9.17, 15) is 13.0 Å². The standard InChI is InChI=1S/C4H11O3P.C4H10O3S/c2*1-4(2,3)8(5,6)7/h1-3H3,(H2,5,6,7);1-3H3,(H,5,6,7). The van der Waals surface area contributed by atoms with Crippen LogP contribution < -0.4 is 0 Å². The molecular formula is C8H21O6PS. The third-order valence-electron chi connectivity index (χ3n) is 1.65. The van der Waals surface area contributed by atoms with Gasteiger partial charge in [0.1, 0.15) is 0 Å². The monoisotopic (exact) mass is 276 g/mol. The number of hydrogen-bond acceptors (Lipinski definition) is 3. The summed E-state index contributed by atoms with van der Waals surface area (Å²) in [5.41, 5.74) is 0. The highest BCUT2D eigenvalue weighted by Gasteiger charge is 2.31. The van der Waals surface area contributed by atoms with Crippen molar-refractivity contribution in [2.24, 2.45) is 0 Å². The van der Waals surface area contributed by atoms with Crippen molar-refractivity contribution in [2.75, 3.05) is 0 Å². The first-order valence-corrected chi connectivity index (χ1v) is 7.58. The minimum Gasteiger partial charge on any atom is -0.324 e. The van der Waals surface area contributed by atoms with Gasteiger partial charge in [-0.15, -0.1) is 0 Å². The van der Waals surface area contributed by atoms with Gasteiger partial charge < -0.3 is 9.79 Å². The van der Waals surface area contributed by atoms with Crippen LogP contribution in [0.25, 0.3) is 0 Å². The third kappa shape index (κ3) is 7.35. The van der Waals surface area contributed by atoms with Crippen molar-refractivity contribution >= 4 is 17.7 Å². The molecule has 0 fully saturated rings.